The number of aromatic amines is 1. The van der Waals surface area contributed by atoms with Gasteiger partial charge in [0.25, 0.3) is 0 Å². The van der Waals surface area contributed by atoms with Crippen LogP contribution in [0.3, 0.4) is 0 Å². The van der Waals surface area contributed by atoms with Crippen molar-refractivity contribution < 1.29 is 9.53 Å². The zero-order valence-corrected chi connectivity index (χ0v) is 21.5. The molecule has 0 saturated carbocycles. The lowest BCUT2D eigenvalue weighted by Gasteiger charge is -2.12. The molecule has 35 heavy (non-hydrogen) atoms. The smallest absolute Gasteiger partial charge is 0.341 e. The number of aromatic nitrogens is 3. The van der Waals surface area contributed by atoms with E-state index >= 15 is 0 Å². The number of carbonyl (C=O) groups excluding carboxylic acids is 1. The highest BCUT2D eigenvalue weighted by Gasteiger charge is 2.28. The zero-order valence-electron chi connectivity index (χ0n) is 20.7. The van der Waals surface area contributed by atoms with E-state index in [2.05, 4.69) is 46.6 Å². The van der Waals surface area contributed by atoms with Crippen LogP contribution in [0.5, 0.6) is 0 Å². The van der Waals surface area contributed by atoms with E-state index in [-0.39, 0.29) is 5.97 Å². The summed E-state index contributed by atoms with van der Waals surface area (Å²) in [6.45, 7) is 8.18. The van der Waals surface area contributed by atoms with Crippen molar-refractivity contribution in [2.45, 2.75) is 53.4 Å². The van der Waals surface area contributed by atoms with Gasteiger partial charge < -0.3 is 14.3 Å². The van der Waals surface area contributed by atoms with E-state index in [4.69, 9.17) is 4.74 Å². The zero-order chi connectivity index (χ0) is 24.9. The van der Waals surface area contributed by atoms with Gasteiger partial charge >= 0.3 is 5.97 Å². The highest BCUT2D eigenvalue weighted by Crippen LogP contribution is 2.39. The number of imidazole rings is 1. The molecule has 1 aliphatic carbocycles. The Labute approximate surface area is 208 Å². The van der Waals surface area contributed by atoms with E-state index < -0.39 is 0 Å². The summed E-state index contributed by atoms with van der Waals surface area (Å²) in [5.41, 5.74) is 9.31. The standard InChI is InChI=1S/C28H28N4O2S/c1-15-10-22-23(11-16(15)2)31-26(30-22)20(14-29)13-19-12-17(3)32(18(19)4)27-25(28(33)34-5)21-8-6-7-9-24(21)35-27/h10-13H,6-9H2,1-5H3,(H,30,31)/b20-13-. The number of benzene rings is 1. The fourth-order valence-corrected chi connectivity index (χ4v) is 6.46. The summed E-state index contributed by atoms with van der Waals surface area (Å²) in [7, 11) is 1.44. The molecule has 5 rings (SSSR count). The fourth-order valence-electron chi connectivity index (χ4n) is 4.97. The molecule has 0 aliphatic heterocycles. The van der Waals surface area contributed by atoms with E-state index in [0.717, 1.165) is 64.2 Å². The molecule has 0 bridgehead atoms. The van der Waals surface area contributed by atoms with Crippen molar-refractivity contribution in [3.8, 4) is 11.1 Å². The van der Waals surface area contributed by atoms with E-state index in [1.54, 1.807) is 11.3 Å². The number of ether oxygens (including phenoxy) is 1. The van der Waals surface area contributed by atoms with Gasteiger partial charge in [0.1, 0.15) is 16.9 Å². The Morgan fingerprint density at radius 2 is 1.91 bits per heavy atom. The second-order valence-corrected chi connectivity index (χ2v) is 10.3. The molecule has 7 heteroatoms. The minimum absolute atomic E-state index is 0.283. The first-order chi connectivity index (χ1) is 16.8. The lowest BCUT2D eigenvalue weighted by Crippen LogP contribution is -2.11. The molecule has 0 radical (unpaired) electrons. The molecule has 0 amide bonds. The highest BCUT2D eigenvalue weighted by molar-refractivity contribution is 7.15. The van der Waals surface area contributed by atoms with E-state index in [0.29, 0.717) is 17.0 Å². The molecular formula is C28H28N4O2S. The number of nitrogens with zero attached hydrogens (tertiary/aromatic N) is 3. The highest BCUT2D eigenvalue weighted by atomic mass is 32.1. The van der Waals surface area contributed by atoms with E-state index in [1.165, 1.54) is 23.1 Å². The van der Waals surface area contributed by atoms with Gasteiger partial charge in [0, 0.05) is 16.3 Å². The van der Waals surface area contributed by atoms with Gasteiger partial charge in [-0.15, -0.1) is 11.3 Å². The van der Waals surface area contributed by atoms with Crippen LogP contribution in [0.1, 0.15) is 67.5 Å². The topological polar surface area (TPSA) is 83.7 Å². The number of rotatable bonds is 4. The number of H-pyrrole nitrogens is 1. The van der Waals surface area contributed by atoms with Crippen molar-refractivity contribution in [1.82, 2.24) is 14.5 Å². The maximum Gasteiger partial charge on any atom is 0.341 e. The third-order valence-electron chi connectivity index (χ3n) is 6.99. The van der Waals surface area contributed by atoms with Crippen molar-refractivity contribution in [2.24, 2.45) is 0 Å². The summed E-state index contributed by atoms with van der Waals surface area (Å²) in [5.74, 6) is 0.272. The molecule has 3 aromatic heterocycles. The van der Waals surface area contributed by atoms with Crippen LogP contribution in [0.25, 0.3) is 27.7 Å². The number of methoxy groups -OCH3 is 1. The largest absolute Gasteiger partial charge is 0.465 e. The van der Waals surface area contributed by atoms with Crippen molar-refractivity contribution >= 4 is 40.0 Å². The van der Waals surface area contributed by atoms with Gasteiger partial charge in [-0.05, 0) is 99.9 Å². The van der Waals surface area contributed by atoms with Crippen molar-refractivity contribution in [3.05, 3.63) is 68.1 Å². The van der Waals surface area contributed by atoms with Crippen LogP contribution in [0.2, 0.25) is 0 Å². The average Bonchev–Trinajstić information content (AvgIpc) is 3.50. The van der Waals surface area contributed by atoms with Crippen LogP contribution in [0.4, 0.5) is 0 Å². The van der Waals surface area contributed by atoms with Gasteiger partial charge in [0.05, 0.1) is 29.3 Å². The Morgan fingerprint density at radius 3 is 2.66 bits per heavy atom. The van der Waals surface area contributed by atoms with Crippen LogP contribution < -0.4 is 0 Å². The number of thiophene rings is 1. The van der Waals surface area contributed by atoms with Gasteiger partial charge in [0.2, 0.25) is 0 Å². The molecule has 0 spiro atoms. The molecular weight excluding hydrogens is 456 g/mol. The minimum atomic E-state index is -0.283. The quantitative estimate of drug-likeness (QED) is 0.269. The van der Waals surface area contributed by atoms with Crippen LogP contribution in [0.15, 0.2) is 18.2 Å². The van der Waals surface area contributed by atoms with Crippen molar-refractivity contribution in [3.63, 3.8) is 0 Å². The number of fused-ring (bicyclic) bond motifs is 2. The number of hydrogen-bond acceptors (Lipinski definition) is 5. The second-order valence-electron chi connectivity index (χ2n) is 9.25. The molecule has 0 unspecified atom stereocenters. The molecule has 3 heterocycles. The van der Waals surface area contributed by atoms with Gasteiger partial charge in [-0.25, -0.2) is 9.78 Å². The molecule has 1 aliphatic rings. The third kappa shape index (κ3) is 3.88. The van der Waals surface area contributed by atoms with E-state index in [1.807, 2.05) is 26.0 Å². The third-order valence-corrected chi connectivity index (χ3v) is 8.27. The Morgan fingerprint density at radius 1 is 1.17 bits per heavy atom. The summed E-state index contributed by atoms with van der Waals surface area (Å²) in [6.07, 6.45) is 6.02. The fraction of sp³-hybridized carbons (Fsp3) is 0.321. The second kappa shape index (κ2) is 8.86. The van der Waals surface area contributed by atoms with Crippen molar-refractivity contribution in [2.75, 3.05) is 7.11 Å². The number of hydrogen-bond donors (Lipinski definition) is 1. The van der Waals surface area contributed by atoms with Crippen LogP contribution in [-0.4, -0.2) is 27.6 Å². The lowest BCUT2D eigenvalue weighted by atomic mass is 9.95. The summed E-state index contributed by atoms with van der Waals surface area (Å²) in [5, 5.41) is 10.9. The molecule has 0 fully saturated rings. The average molecular weight is 485 g/mol. The Bertz CT molecular complexity index is 1520. The van der Waals surface area contributed by atoms with Gasteiger partial charge in [-0.2, -0.15) is 5.26 Å². The Hall–Kier alpha value is -3.63. The predicted octanol–water partition coefficient (Wildman–Crippen LogP) is 6.38. The predicted molar refractivity (Wildman–Crippen MR) is 140 cm³/mol. The number of aryl methyl sites for hydroxylation is 4. The van der Waals surface area contributed by atoms with Crippen molar-refractivity contribution in [1.29, 1.82) is 5.26 Å². The number of nitriles is 1. The number of nitrogens with one attached hydrogen (secondary N) is 1. The summed E-state index contributed by atoms with van der Waals surface area (Å²) in [6, 6.07) is 8.48. The number of carbonyl (C=O) groups is 1. The molecule has 6 nitrogen and oxygen atoms in total. The molecule has 1 N–H and O–H groups in total. The molecule has 4 aromatic rings. The first-order valence-electron chi connectivity index (χ1n) is 11.8. The van der Waals surface area contributed by atoms with Gasteiger partial charge in [-0.1, -0.05) is 0 Å². The van der Waals surface area contributed by atoms with Crippen LogP contribution in [-0.2, 0) is 17.6 Å². The van der Waals surface area contributed by atoms with Gasteiger partial charge in [0.15, 0.2) is 0 Å². The number of allylic oxidation sites excluding steroid dienone is 1. The molecule has 0 saturated heterocycles. The molecule has 178 valence electrons. The van der Waals surface area contributed by atoms with Crippen LogP contribution >= 0.6 is 11.3 Å². The molecule has 0 atom stereocenters. The number of esters is 1. The molecule has 1 aromatic carbocycles. The van der Waals surface area contributed by atoms with Gasteiger partial charge in [-0.3, -0.25) is 0 Å². The Balaban J connectivity index is 1.62. The summed E-state index contributed by atoms with van der Waals surface area (Å²) >= 11 is 1.68. The normalized spacial score (nSPS) is 13.7. The maximum atomic E-state index is 12.8. The van der Waals surface area contributed by atoms with E-state index in [9.17, 15) is 10.1 Å². The minimum Gasteiger partial charge on any atom is -0.465 e. The first-order valence-corrected chi connectivity index (χ1v) is 12.6. The summed E-state index contributed by atoms with van der Waals surface area (Å²) < 4.78 is 7.31. The Kier molecular flexibility index (Phi) is 5.86. The monoisotopic (exact) mass is 484 g/mol. The van der Waals surface area contributed by atoms with Crippen LogP contribution in [0, 0.1) is 39.0 Å². The SMILES string of the molecule is COC(=O)c1c(-n2c(C)cc(/C=C(/C#N)c3nc4cc(C)c(C)cc4[nH]3)c2C)sc2c1CCCC2. The first kappa shape index (κ1) is 23.1. The lowest BCUT2D eigenvalue weighted by molar-refractivity contribution is 0.0600. The summed E-state index contributed by atoms with van der Waals surface area (Å²) in [4.78, 5) is 22.1. The maximum absolute atomic E-state index is 12.8.